The van der Waals surface area contributed by atoms with E-state index in [4.69, 9.17) is 10.00 Å². The first-order valence-electron chi connectivity index (χ1n) is 7.93. The van der Waals surface area contributed by atoms with Crippen LogP contribution in [0.25, 0.3) is 0 Å². The Morgan fingerprint density at radius 1 is 1.42 bits per heavy atom. The average molecular weight is 326 g/mol. The fraction of sp³-hybridized carbons (Fsp3) is 0.333. The van der Waals surface area contributed by atoms with E-state index < -0.39 is 5.82 Å². The first-order chi connectivity index (χ1) is 11.7. The Morgan fingerprint density at radius 2 is 2.29 bits per heavy atom. The Labute approximate surface area is 140 Å². The van der Waals surface area contributed by atoms with Crippen molar-refractivity contribution in [1.29, 1.82) is 5.26 Å². The summed E-state index contributed by atoms with van der Waals surface area (Å²) in [7, 11) is 0. The second-order valence-corrected chi connectivity index (χ2v) is 5.79. The molecule has 0 spiro atoms. The lowest BCUT2D eigenvalue weighted by atomic mass is 10.1. The molecule has 1 aromatic heterocycles. The molecule has 1 saturated heterocycles. The van der Waals surface area contributed by atoms with Crippen molar-refractivity contribution in [3.05, 3.63) is 53.3 Å². The van der Waals surface area contributed by atoms with E-state index >= 15 is 0 Å². The van der Waals surface area contributed by atoms with Gasteiger partial charge in [-0.3, -0.25) is 0 Å². The zero-order chi connectivity index (χ0) is 16.9. The molecule has 24 heavy (non-hydrogen) atoms. The summed E-state index contributed by atoms with van der Waals surface area (Å²) in [4.78, 5) is 6.75. The van der Waals surface area contributed by atoms with E-state index in [1.165, 1.54) is 6.07 Å². The van der Waals surface area contributed by atoms with Gasteiger partial charge in [0.25, 0.3) is 0 Å². The average Bonchev–Trinajstić information content (AvgIpc) is 2.61. The molecule has 0 radical (unpaired) electrons. The highest BCUT2D eigenvalue weighted by Gasteiger charge is 2.19. The number of aromatic nitrogens is 1. The maximum Gasteiger partial charge on any atom is 0.215 e. The molecule has 1 atom stereocenters. The minimum atomic E-state index is -0.444. The number of ether oxygens (including phenoxy) is 1. The molecule has 124 valence electrons. The molecule has 1 aromatic carbocycles. The molecule has 2 aromatic rings. The molecular weight excluding hydrogens is 307 g/mol. The molecule has 0 unspecified atom stereocenters. The number of piperazine rings is 1. The quantitative estimate of drug-likeness (QED) is 0.935. The fourth-order valence-corrected chi connectivity index (χ4v) is 2.71. The number of benzene rings is 1. The Kier molecular flexibility index (Phi) is 4.92. The Bertz CT molecular complexity index is 759. The summed E-state index contributed by atoms with van der Waals surface area (Å²) in [6.07, 6.45) is 0. The standard InChI is InChI=1S/C18H19FN4O/c1-13-11-21-7-8-23(13)17-3-2-4-18(22-17)24-12-15-6-5-14(10-20)9-16(15)19/h2-6,9,13,21H,7-8,11-12H2,1H3/t13-/m0/s1. The molecule has 0 saturated carbocycles. The Balaban J connectivity index is 1.70. The van der Waals surface area contributed by atoms with Gasteiger partial charge in [0.15, 0.2) is 0 Å². The summed E-state index contributed by atoms with van der Waals surface area (Å²) < 4.78 is 19.5. The molecule has 1 N–H and O–H groups in total. The number of nitriles is 1. The van der Waals surface area contributed by atoms with Crippen molar-refractivity contribution in [3.63, 3.8) is 0 Å². The zero-order valence-corrected chi connectivity index (χ0v) is 13.5. The van der Waals surface area contributed by atoms with Crippen molar-refractivity contribution in [2.24, 2.45) is 0 Å². The van der Waals surface area contributed by atoms with Crippen LogP contribution < -0.4 is 15.0 Å². The van der Waals surface area contributed by atoms with Gasteiger partial charge in [0.2, 0.25) is 5.88 Å². The van der Waals surface area contributed by atoms with Crippen LogP contribution in [0.1, 0.15) is 18.1 Å². The van der Waals surface area contributed by atoms with Crippen molar-refractivity contribution >= 4 is 5.82 Å². The monoisotopic (exact) mass is 326 g/mol. The third-order valence-electron chi connectivity index (χ3n) is 4.06. The normalized spacial score (nSPS) is 17.4. The van der Waals surface area contributed by atoms with Gasteiger partial charge in [0.1, 0.15) is 18.2 Å². The van der Waals surface area contributed by atoms with Crippen molar-refractivity contribution in [2.75, 3.05) is 24.5 Å². The first kappa shape index (κ1) is 16.2. The SMILES string of the molecule is C[C@H]1CNCCN1c1cccc(OCc2ccc(C#N)cc2F)n1. The second-order valence-electron chi connectivity index (χ2n) is 5.79. The van der Waals surface area contributed by atoms with Gasteiger partial charge in [-0.05, 0) is 25.1 Å². The summed E-state index contributed by atoms with van der Waals surface area (Å²) >= 11 is 0. The van der Waals surface area contributed by atoms with E-state index in [0.717, 1.165) is 25.5 Å². The Morgan fingerprint density at radius 3 is 3.04 bits per heavy atom. The number of pyridine rings is 1. The molecule has 1 fully saturated rings. The molecule has 0 amide bonds. The molecule has 5 nitrogen and oxygen atoms in total. The topological polar surface area (TPSA) is 61.2 Å². The van der Waals surface area contributed by atoms with Gasteiger partial charge in [-0.15, -0.1) is 0 Å². The van der Waals surface area contributed by atoms with E-state index in [0.29, 0.717) is 23.0 Å². The number of rotatable bonds is 4. The molecule has 0 aliphatic carbocycles. The summed E-state index contributed by atoms with van der Waals surface area (Å²) in [5, 5.41) is 12.1. The maximum atomic E-state index is 13.9. The van der Waals surface area contributed by atoms with E-state index in [1.54, 1.807) is 18.2 Å². The van der Waals surface area contributed by atoms with Gasteiger partial charge in [-0.1, -0.05) is 12.1 Å². The number of nitrogens with one attached hydrogen (secondary N) is 1. The minimum Gasteiger partial charge on any atom is -0.473 e. The second kappa shape index (κ2) is 7.28. The van der Waals surface area contributed by atoms with Crippen LogP contribution in [0.2, 0.25) is 0 Å². The van der Waals surface area contributed by atoms with Crippen molar-refractivity contribution in [2.45, 2.75) is 19.6 Å². The molecule has 2 heterocycles. The van der Waals surface area contributed by atoms with Crippen LogP contribution in [0.5, 0.6) is 5.88 Å². The fourth-order valence-electron chi connectivity index (χ4n) is 2.71. The van der Waals surface area contributed by atoms with Crippen LogP contribution in [-0.2, 0) is 6.61 Å². The number of nitrogens with zero attached hydrogens (tertiary/aromatic N) is 3. The van der Waals surface area contributed by atoms with Crippen molar-refractivity contribution in [1.82, 2.24) is 10.3 Å². The molecule has 6 heteroatoms. The lowest BCUT2D eigenvalue weighted by Crippen LogP contribution is -2.50. The summed E-state index contributed by atoms with van der Waals surface area (Å²) in [5.41, 5.74) is 0.695. The van der Waals surface area contributed by atoms with E-state index in [1.807, 2.05) is 18.2 Å². The maximum absolute atomic E-state index is 13.9. The third kappa shape index (κ3) is 3.63. The number of hydrogen-bond acceptors (Lipinski definition) is 5. The lowest BCUT2D eigenvalue weighted by Gasteiger charge is -2.34. The van der Waals surface area contributed by atoms with Crippen LogP contribution in [0.3, 0.4) is 0 Å². The minimum absolute atomic E-state index is 0.0745. The molecule has 1 aliphatic rings. The predicted octanol–water partition coefficient (Wildman–Crippen LogP) is 2.47. The largest absolute Gasteiger partial charge is 0.473 e. The lowest BCUT2D eigenvalue weighted by molar-refractivity contribution is 0.288. The first-order valence-corrected chi connectivity index (χ1v) is 7.93. The van der Waals surface area contributed by atoms with E-state index in [-0.39, 0.29) is 6.61 Å². The van der Waals surface area contributed by atoms with Gasteiger partial charge in [0.05, 0.1) is 11.6 Å². The van der Waals surface area contributed by atoms with Gasteiger partial charge < -0.3 is 15.0 Å². The van der Waals surface area contributed by atoms with Gasteiger partial charge in [-0.2, -0.15) is 10.2 Å². The predicted molar refractivity (Wildman–Crippen MR) is 89.4 cm³/mol. The van der Waals surface area contributed by atoms with Gasteiger partial charge in [0, 0.05) is 37.3 Å². The molecule has 3 rings (SSSR count). The number of halogens is 1. The third-order valence-corrected chi connectivity index (χ3v) is 4.06. The summed E-state index contributed by atoms with van der Waals surface area (Å²) in [5.74, 6) is 0.879. The van der Waals surface area contributed by atoms with Crippen LogP contribution in [0.4, 0.5) is 10.2 Å². The highest BCUT2D eigenvalue weighted by molar-refractivity contribution is 5.42. The van der Waals surface area contributed by atoms with Gasteiger partial charge >= 0.3 is 0 Å². The molecule has 1 aliphatic heterocycles. The molecular formula is C18H19FN4O. The Hall–Kier alpha value is -2.65. The van der Waals surface area contributed by atoms with Crippen LogP contribution in [0, 0.1) is 17.1 Å². The summed E-state index contributed by atoms with van der Waals surface area (Å²) in [6.45, 7) is 4.96. The van der Waals surface area contributed by atoms with Crippen LogP contribution in [-0.4, -0.2) is 30.7 Å². The smallest absolute Gasteiger partial charge is 0.215 e. The van der Waals surface area contributed by atoms with Crippen LogP contribution >= 0.6 is 0 Å². The van der Waals surface area contributed by atoms with Crippen LogP contribution in [0.15, 0.2) is 36.4 Å². The van der Waals surface area contributed by atoms with E-state index in [9.17, 15) is 4.39 Å². The summed E-state index contributed by atoms with van der Waals surface area (Å²) in [6, 6.07) is 12.2. The van der Waals surface area contributed by atoms with Crippen molar-refractivity contribution in [3.8, 4) is 11.9 Å². The van der Waals surface area contributed by atoms with E-state index in [2.05, 4.69) is 22.1 Å². The zero-order valence-electron chi connectivity index (χ0n) is 13.5. The highest BCUT2D eigenvalue weighted by atomic mass is 19.1. The highest BCUT2D eigenvalue weighted by Crippen LogP contribution is 2.20. The van der Waals surface area contributed by atoms with Gasteiger partial charge in [-0.25, -0.2) is 4.39 Å². The molecule has 0 bridgehead atoms. The van der Waals surface area contributed by atoms with Crippen molar-refractivity contribution < 1.29 is 9.13 Å². The number of hydrogen-bond donors (Lipinski definition) is 1. The number of anilines is 1.